The number of nitrogen functional groups attached to an aromatic ring is 1. The van der Waals surface area contributed by atoms with Gasteiger partial charge in [0.1, 0.15) is 0 Å². The van der Waals surface area contributed by atoms with Crippen LogP contribution in [-0.4, -0.2) is 39.5 Å². The van der Waals surface area contributed by atoms with Gasteiger partial charge in [0.2, 0.25) is 10.0 Å². The molecular formula is C14H21ClN2O3S. The van der Waals surface area contributed by atoms with E-state index in [-0.39, 0.29) is 16.5 Å². The number of benzene rings is 1. The summed E-state index contributed by atoms with van der Waals surface area (Å²) in [6, 6.07) is 3.05. The molecule has 5 nitrogen and oxygen atoms in total. The van der Waals surface area contributed by atoms with Crippen LogP contribution in [0.1, 0.15) is 18.4 Å². The number of methoxy groups -OCH3 is 1. The van der Waals surface area contributed by atoms with Gasteiger partial charge in [-0.2, -0.15) is 4.31 Å². The number of piperidine rings is 1. The Morgan fingerprint density at radius 1 is 1.48 bits per heavy atom. The lowest BCUT2D eigenvalue weighted by Crippen LogP contribution is -2.41. The summed E-state index contributed by atoms with van der Waals surface area (Å²) >= 11 is 5.94. The summed E-state index contributed by atoms with van der Waals surface area (Å²) in [6.07, 6.45) is 1.83. The number of hydrogen-bond acceptors (Lipinski definition) is 4. The molecule has 0 radical (unpaired) electrons. The highest BCUT2D eigenvalue weighted by molar-refractivity contribution is 7.89. The quantitative estimate of drug-likeness (QED) is 0.858. The Labute approximate surface area is 131 Å². The number of nitrogens with two attached hydrogens (primary N) is 1. The summed E-state index contributed by atoms with van der Waals surface area (Å²) < 4.78 is 32.3. The topological polar surface area (TPSA) is 72.6 Å². The highest BCUT2D eigenvalue weighted by atomic mass is 35.5. The number of sulfonamides is 1. The molecule has 1 fully saturated rings. The van der Waals surface area contributed by atoms with Crippen molar-refractivity contribution in [3.63, 3.8) is 0 Å². The van der Waals surface area contributed by atoms with Crippen LogP contribution in [0.2, 0.25) is 5.02 Å². The zero-order valence-electron chi connectivity index (χ0n) is 12.3. The molecule has 1 aromatic carbocycles. The molecule has 1 saturated heterocycles. The van der Waals surface area contributed by atoms with Crippen LogP contribution in [0.3, 0.4) is 0 Å². The molecule has 1 unspecified atom stereocenters. The minimum Gasteiger partial charge on any atom is -0.397 e. The largest absolute Gasteiger partial charge is 0.397 e. The van der Waals surface area contributed by atoms with E-state index in [9.17, 15) is 8.42 Å². The van der Waals surface area contributed by atoms with Crippen molar-refractivity contribution < 1.29 is 13.2 Å². The Kier molecular flexibility index (Phi) is 5.14. The van der Waals surface area contributed by atoms with E-state index in [0.717, 1.165) is 12.8 Å². The third-order valence-electron chi connectivity index (χ3n) is 3.80. The van der Waals surface area contributed by atoms with E-state index in [0.29, 0.717) is 30.3 Å². The average Bonchev–Trinajstić information content (AvgIpc) is 2.43. The average molecular weight is 333 g/mol. The van der Waals surface area contributed by atoms with Gasteiger partial charge in [-0.15, -0.1) is 0 Å². The molecule has 7 heteroatoms. The Hall–Kier alpha value is -0.820. The molecule has 0 bridgehead atoms. The molecule has 0 saturated carbocycles. The van der Waals surface area contributed by atoms with Crippen LogP contribution >= 0.6 is 11.6 Å². The van der Waals surface area contributed by atoms with Crippen molar-refractivity contribution in [3.05, 3.63) is 22.7 Å². The van der Waals surface area contributed by atoms with Crippen LogP contribution < -0.4 is 5.73 Å². The van der Waals surface area contributed by atoms with Gasteiger partial charge in [0.15, 0.2) is 0 Å². The second-order valence-electron chi connectivity index (χ2n) is 5.47. The van der Waals surface area contributed by atoms with Crippen molar-refractivity contribution in [2.45, 2.75) is 24.7 Å². The molecular weight excluding hydrogens is 312 g/mol. The van der Waals surface area contributed by atoms with Crippen molar-refractivity contribution in [1.82, 2.24) is 4.31 Å². The third-order valence-corrected chi connectivity index (χ3v) is 6.13. The lowest BCUT2D eigenvalue weighted by atomic mass is 10.0. The lowest BCUT2D eigenvalue weighted by molar-refractivity contribution is 0.118. The van der Waals surface area contributed by atoms with Crippen molar-refractivity contribution in [3.8, 4) is 0 Å². The van der Waals surface area contributed by atoms with Crippen molar-refractivity contribution in [2.24, 2.45) is 5.92 Å². The van der Waals surface area contributed by atoms with Gasteiger partial charge < -0.3 is 10.5 Å². The summed E-state index contributed by atoms with van der Waals surface area (Å²) in [6.45, 7) is 3.32. The number of aryl methyl sites for hydroxylation is 1. The van der Waals surface area contributed by atoms with Crippen LogP contribution in [0.4, 0.5) is 5.69 Å². The van der Waals surface area contributed by atoms with Gasteiger partial charge in [0.05, 0.1) is 22.2 Å². The Balaban J connectivity index is 2.31. The van der Waals surface area contributed by atoms with Gasteiger partial charge in [0, 0.05) is 20.2 Å². The first-order valence-corrected chi connectivity index (χ1v) is 8.72. The molecule has 0 amide bonds. The predicted molar refractivity (Wildman–Crippen MR) is 84.0 cm³/mol. The number of rotatable bonds is 4. The number of halogens is 1. The van der Waals surface area contributed by atoms with Crippen LogP contribution in [0.5, 0.6) is 0 Å². The van der Waals surface area contributed by atoms with Gasteiger partial charge in [-0.3, -0.25) is 0 Å². The molecule has 0 aliphatic carbocycles. The summed E-state index contributed by atoms with van der Waals surface area (Å²) in [7, 11) is -1.91. The normalized spacial score (nSPS) is 20.6. The van der Waals surface area contributed by atoms with E-state index < -0.39 is 10.0 Å². The maximum atomic E-state index is 12.8. The van der Waals surface area contributed by atoms with Crippen LogP contribution in [0.15, 0.2) is 17.0 Å². The molecule has 1 atom stereocenters. The van der Waals surface area contributed by atoms with Gasteiger partial charge in [-0.25, -0.2) is 8.42 Å². The van der Waals surface area contributed by atoms with Crippen LogP contribution in [0.25, 0.3) is 0 Å². The van der Waals surface area contributed by atoms with Crippen LogP contribution in [-0.2, 0) is 14.8 Å². The highest BCUT2D eigenvalue weighted by Crippen LogP contribution is 2.30. The fourth-order valence-electron chi connectivity index (χ4n) is 2.70. The smallest absolute Gasteiger partial charge is 0.243 e. The van der Waals surface area contributed by atoms with E-state index in [4.69, 9.17) is 22.1 Å². The monoisotopic (exact) mass is 332 g/mol. The molecule has 2 N–H and O–H groups in total. The van der Waals surface area contributed by atoms with Crippen molar-refractivity contribution >= 4 is 27.3 Å². The molecule has 1 aliphatic rings. The first-order valence-electron chi connectivity index (χ1n) is 6.91. The Morgan fingerprint density at radius 2 is 2.19 bits per heavy atom. The molecule has 118 valence electrons. The summed E-state index contributed by atoms with van der Waals surface area (Å²) in [5, 5.41) is 0.377. The number of anilines is 1. The minimum absolute atomic E-state index is 0.238. The van der Waals surface area contributed by atoms with E-state index in [1.807, 2.05) is 0 Å². The molecule has 1 aliphatic heterocycles. The summed E-state index contributed by atoms with van der Waals surface area (Å²) in [5.41, 5.74) is 6.65. The maximum absolute atomic E-state index is 12.8. The second-order valence-corrected chi connectivity index (χ2v) is 7.78. The molecule has 1 heterocycles. The van der Waals surface area contributed by atoms with Crippen molar-refractivity contribution in [2.75, 3.05) is 32.5 Å². The minimum atomic E-state index is -3.54. The molecule has 2 rings (SSSR count). The number of hydrogen-bond donors (Lipinski definition) is 1. The van der Waals surface area contributed by atoms with E-state index >= 15 is 0 Å². The molecule has 1 aromatic rings. The zero-order valence-corrected chi connectivity index (χ0v) is 13.9. The van der Waals surface area contributed by atoms with E-state index in [2.05, 4.69) is 0 Å². The number of ether oxygens (including phenoxy) is 1. The first-order chi connectivity index (χ1) is 9.86. The van der Waals surface area contributed by atoms with Gasteiger partial charge in [0.25, 0.3) is 0 Å². The first kappa shape index (κ1) is 16.5. The standard InChI is InChI=1S/C14H21ClN2O3S/c1-10-6-12(15)13(16)7-14(10)21(18,19)17-5-3-4-11(8-17)9-20-2/h6-7,11H,3-5,8-9,16H2,1-2H3. The summed E-state index contributed by atoms with van der Waals surface area (Å²) in [4.78, 5) is 0.238. The van der Waals surface area contributed by atoms with E-state index in [1.165, 1.54) is 10.4 Å². The van der Waals surface area contributed by atoms with Gasteiger partial charge in [-0.05, 0) is 43.4 Å². The summed E-state index contributed by atoms with van der Waals surface area (Å²) in [5.74, 6) is 0.239. The zero-order chi connectivity index (χ0) is 15.6. The van der Waals surface area contributed by atoms with Gasteiger partial charge in [-0.1, -0.05) is 11.6 Å². The molecule has 0 spiro atoms. The van der Waals surface area contributed by atoms with E-state index in [1.54, 1.807) is 20.1 Å². The fraction of sp³-hybridized carbons (Fsp3) is 0.571. The SMILES string of the molecule is COCC1CCCN(S(=O)(=O)c2cc(N)c(Cl)cc2C)C1. The van der Waals surface area contributed by atoms with Crippen LogP contribution in [0, 0.1) is 12.8 Å². The Bertz CT molecular complexity index is 617. The van der Waals surface area contributed by atoms with Gasteiger partial charge >= 0.3 is 0 Å². The third kappa shape index (κ3) is 3.51. The molecule has 21 heavy (non-hydrogen) atoms. The second kappa shape index (κ2) is 6.52. The predicted octanol–water partition coefficient (Wildman–Crippen LogP) is 2.28. The number of nitrogens with zero attached hydrogens (tertiary/aromatic N) is 1. The lowest BCUT2D eigenvalue weighted by Gasteiger charge is -2.32. The molecule has 0 aromatic heterocycles. The maximum Gasteiger partial charge on any atom is 0.243 e. The Morgan fingerprint density at radius 3 is 2.86 bits per heavy atom. The fourth-order valence-corrected chi connectivity index (χ4v) is 4.72. The highest BCUT2D eigenvalue weighted by Gasteiger charge is 2.31. The van der Waals surface area contributed by atoms with Crippen molar-refractivity contribution in [1.29, 1.82) is 0 Å².